The second-order valence-electron chi connectivity index (χ2n) is 4.91. The fourth-order valence-electron chi connectivity index (χ4n) is 1.89. The maximum Gasteiger partial charge on any atom is 0.251 e. The van der Waals surface area contributed by atoms with E-state index < -0.39 is 0 Å². The minimum atomic E-state index is -0.282. The molecule has 0 aliphatic heterocycles. The first-order valence-corrected chi connectivity index (χ1v) is 6.24. The molecule has 0 spiro atoms. The largest absolute Gasteiger partial charge is 0.508 e. The van der Waals surface area contributed by atoms with Crippen molar-refractivity contribution in [3.63, 3.8) is 0 Å². The standard InChI is InChI=1S/C14H22N2O2/c1-4-14(3,7-8-15)16-13(18)12-6-5-11(17)9-10(12)2/h5-6,9,17H,4,7-8,15H2,1-3H3,(H,16,18). The predicted molar refractivity (Wildman–Crippen MR) is 72.7 cm³/mol. The van der Waals surface area contributed by atoms with Crippen LogP contribution in [0.3, 0.4) is 0 Å². The molecule has 4 N–H and O–H groups in total. The summed E-state index contributed by atoms with van der Waals surface area (Å²) in [6.07, 6.45) is 1.57. The van der Waals surface area contributed by atoms with Crippen molar-refractivity contribution in [1.82, 2.24) is 5.32 Å². The number of aryl methyl sites for hydroxylation is 1. The van der Waals surface area contributed by atoms with Crippen molar-refractivity contribution in [2.24, 2.45) is 5.73 Å². The zero-order valence-corrected chi connectivity index (χ0v) is 11.3. The van der Waals surface area contributed by atoms with Crippen LogP contribution >= 0.6 is 0 Å². The number of aromatic hydroxyl groups is 1. The normalized spacial score (nSPS) is 14.0. The fraction of sp³-hybridized carbons (Fsp3) is 0.500. The summed E-state index contributed by atoms with van der Waals surface area (Å²) in [4.78, 5) is 12.2. The Kier molecular flexibility index (Phi) is 4.73. The van der Waals surface area contributed by atoms with E-state index >= 15 is 0 Å². The van der Waals surface area contributed by atoms with Crippen LogP contribution in [-0.2, 0) is 0 Å². The van der Waals surface area contributed by atoms with E-state index in [4.69, 9.17) is 5.73 Å². The highest BCUT2D eigenvalue weighted by atomic mass is 16.3. The fourth-order valence-corrected chi connectivity index (χ4v) is 1.89. The Balaban J connectivity index is 2.87. The lowest BCUT2D eigenvalue weighted by Crippen LogP contribution is -2.47. The molecule has 0 aromatic heterocycles. The highest BCUT2D eigenvalue weighted by molar-refractivity contribution is 5.96. The number of nitrogens with one attached hydrogen (secondary N) is 1. The van der Waals surface area contributed by atoms with Crippen molar-refractivity contribution in [3.05, 3.63) is 29.3 Å². The van der Waals surface area contributed by atoms with E-state index in [1.807, 2.05) is 13.8 Å². The summed E-state index contributed by atoms with van der Waals surface area (Å²) in [6, 6.07) is 4.74. The summed E-state index contributed by atoms with van der Waals surface area (Å²) >= 11 is 0. The third kappa shape index (κ3) is 3.47. The average molecular weight is 250 g/mol. The van der Waals surface area contributed by atoms with Gasteiger partial charge in [0.05, 0.1) is 0 Å². The van der Waals surface area contributed by atoms with Gasteiger partial charge < -0.3 is 16.2 Å². The van der Waals surface area contributed by atoms with E-state index in [9.17, 15) is 9.90 Å². The monoisotopic (exact) mass is 250 g/mol. The highest BCUT2D eigenvalue weighted by Gasteiger charge is 2.24. The van der Waals surface area contributed by atoms with Gasteiger partial charge in [-0.1, -0.05) is 6.92 Å². The molecule has 1 aromatic rings. The summed E-state index contributed by atoms with van der Waals surface area (Å²) in [5.74, 6) is 0.0505. The smallest absolute Gasteiger partial charge is 0.251 e. The Bertz CT molecular complexity index is 432. The molecule has 1 amide bonds. The minimum absolute atomic E-state index is 0.120. The van der Waals surface area contributed by atoms with Crippen LogP contribution < -0.4 is 11.1 Å². The molecule has 1 unspecified atom stereocenters. The average Bonchev–Trinajstić information content (AvgIpc) is 2.28. The lowest BCUT2D eigenvalue weighted by molar-refractivity contribution is 0.0899. The van der Waals surface area contributed by atoms with Gasteiger partial charge >= 0.3 is 0 Å². The molecule has 4 heteroatoms. The van der Waals surface area contributed by atoms with Gasteiger partial charge in [-0.15, -0.1) is 0 Å². The third-order valence-electron chi connectivity index (χ3n) is 3.35. The number of phenols is 1. The van der Waals surface area contributed by atoms with E-state index in [0.29, 0.717) is 12.1 Å². The van der Waals surface area contributed by atoms with E-state index in [1.165, 1.54) is 6.07 Å². The molecule has 0 aliphatic carbocycles. The summed E-state index contributed by atoms with van der Waals surface area (Å²) in [6.45, 7) is 6.37. The first kappa shape index (κ1) is 14.5. The molecule has 0 radical (unpaired) electrons. The van der Waals surface area contributed by atoms with E-state index in [0.717, 1.165) is 18.4 Å². The van der Waals surface area contributed by atoms with Gasteiger partial charge in [0, 0.05) is 11.1 Å². The van der Waals surface area contributed by atoms with Gasteiger partial charge in [0.25, 0.3) is 5.91 Å². The number of benzene rings is 1. The number of carbonyl (C=O) groups excluding carboxylic acids is 1. The van der Waals surface area contributed by atoms with Crippen molar-refractivity contribution in [2.75, 3.05) is 6.54 Å². The summed E-state index contributed by atoms with van der Waals surface area (Å²) in [5.41, 5.74) is 6.64. The van der Waals surface area contributed by atoms with Crippen molar-refractivity contribution in [2.45, 2.75) is 39.2 Å². The third-order valence-corrected chi connectivity index (χ3v) is 3.35. The van der Waals surface area contributed by atoms with E-state index in [1.54, 1.807) is 19.1 Å². The lowest BCUT2D eigenvalue weighted by Gasteiger charge is -2.29. The lowest BCUT2D eigenvalue weighted by atomic mass is 9.93. The summed E-state index contributed by atoms with van der Waals surface area (Å²) in [5, 5.41) is 12.4. The summed E-state index contributed by atoms with van der Waals surface area (Å²) in [7, 11) is 0. The van der Waals surface area contributed by atoms with Gasteiger partial charge in [-0.25, -0.2) is 0 Å². The van der Waals surface area contributed by atoms with Crippen molar-refractivity contribution in [3.8, 4) is 5.75 Å². The number of carbonyl (C=O) groups is 1. The molecule has 0 bridgehead atoms. The molecule has 4 nitrogen and oxygen atoms in total. The van der Waals surface area contributed by atoms with Crippen molar-refractivity contribution < 1.29 is 9.90 Å². The van der Waals surface area contributed by atoms with Crippen LogP contribution in [0.2, 0.25) is 0 Å². The van der Waals surface area contributed by atoms with Crippen molar-refractivity contribution >= 4 is 5.91 Å². The molecule has 0 fully saturated rings. The first-order valence-electron chi connectivity index (χ1n) is 6.24. The first-order chi connectivity index (χ1) is 8.41. The van der Waals surface area contributed by atoms with Crippen LogP contribution in [0.15, 0.2) is 18.2 Å². The van der Waals surface area contributed by atoms with Gasteiger partial charge in [-0.3, -0.25) is 4.79 Å². The van der Waals surface area contributed by atoms with Crippen molar-refractivity contribution in [1.29, 1.82) is 0 Å². The van der Waals surface area contributed by atoms with Gasteiger partial charge in [-0.05, 0) is 57.0 Å². The van der Waals surface area contributed by atoms with E-state index in [2.05, 4.69) is 5.32 Å². The molecular weight excluding hydrogens is 228 g/mol. The second kappa shape index (κ2) is 5.87. The Morgan fingerprint density at radius 1 is 1.50 bits per heavy atom. The molecule has 0 aliphatic rings. The maximum atomic E-state index is 12.2. The number of rotatable bonds is 5. The summed E-state index contributed by atoms with van der Waals surface area (Å²) < 4.78 is 0. The molecule has 0 saturated carbocycles. The number of phenolic OH excluding ortho intramolecular Hbond substituents is 1. The Morgan fingerprint density at radius 3 is 2.67 bits per heavy atom. The predicted octanol–water partition coefficient (Wildman–Crippen LogP) is 1.95. The molecule has 1 rings (SSSR count). The Hall–Kier alpha value is -1.55. The maximum absolute atomic E-state index is 12.2. The molecule has 1 atom stereocenters. The quantitative estimate of drug-likeness (QED) is 0.747. The number of hydrogen-bond acceptors (Lipinski definition) is 3. The molecule has 18 heavy (non-hydrogen) atoms. The van der Waals surface area contributed by atoms with E-state index in [-0.39, 0.29) is 17.2 Å². The minimum Gasteiger partial charge on any atom is -0.508 e. The number of hydrogen-bond donors (Lipinski definition) is 3. The Labute approximate surface area is 108 Å². The van der Waals surface area contributed by atoms with Crippen LogP contribution in [-0.4, -0.2) is 23.1 Å². The van der Waals surface area contributed by atoms with Gasteiger partial charge in [-0.2, -0.15) is 0 Å². The van der Waals surface area contributed by atoms with Crippen LogP contribution in [0.1, 0.15) is 42.6 Å². The number of nitrogens with two attached hydrogens (primary N) is 1. The highest BCUT2D eigenvalue weighted by Crippen LogP contribution is 2.18. The van der Waals surface area contributed by atoms with Crippen LogP contribution in [0.4, 0.5) is 0 Å². The van der Waals surface area contributed by atoms with Gasteiger partial charge in [0.2, 0.25) is 0 Å². The topological polar surface area (TPSA) is 75.3 Å². The molecule has 0 heterocycles. The van der Waals surface area contributed by atoms with Gasteiger partial charge in [0.1, 0.15) is 5.75 Å². The van der Waals surface area contributed by atoms with Crippen LogP contribution in [0.5, 0.6) is 5.75 Å². The number of amides is 1. The second-order valence-corrected chi connectivity index (χ2v) is 4.91. The zero-order chi connectivity index (χ0) is 13.8. The van der Waals surface area contributed by atoms with Crippen LogP contribution in [0, 0.1) is 6.92 Å². The molecule has 1 aromatic carbocycles. The zero-order valence-electron chi connectivity index (χ0n) is 11.3. The SMILES string of the molecule is CCC(C)(CCN)NC(=O)c1ccc(O)cc1C. The van der Waals surface area contributed by atoms with Crippen LogP contribution in [0.25, 0.3) is 0 Å². The molecular formula is C14H22N2O2. The Morgan fingerprint density at radius 2 is 2.17 bits per heavy atom. The molecule has 0 saturated heterocycles. The molecule has 100 valence electrons. The van der Waals surface area contributed by atoms with Gasteiger partial charge in [0.15, 0.2) is 0 Å².